The molecule has 3 aromatic rings. The van der Waals surface area contributed by atoms with Gasteiger partial charge in [-0.3, -0.25) is 28.9 Å². The van der Waals surface area contributed by atoms with E-state index >= 15 is 0 Å². The maximum Gasteiger partial charge on any atom is 0.441 e. The van der Waals surface area contributed by atoms with Crippen molar-refractivity contribution in [1.82, 2.24) is 53.5 Å². The monoisotopic (exact) mass is 1990 g/mol. The fourth-order valence-corrected chi connectivity index (χ4v) is 16.4. The molecule has 5 heterocycles. The highest BCUT2D eigenvalue weighted by Crippen LogP contribution is 2.36. The summed E-state index contributed by atoms with van der Waals surface area (Å²) in [5, 5.41) is 81.2. The van der Waals surface area contributed by atoms with Gasteiger partial charge in [0.05, 0.1) is 145 Å². The number of carbonyl (C=O) groups is 20. The summed E-state index contributed by atoms with van der Waals surface area (Å²) in [6.45, 7) is 18.3. The molecule has 1 aliphatic carbocycles. The molecule has 48 heteroatoms. The van der Waals surface area contributed by atoms with Crippen LogP contribution in [0.5, 0.6) is 0 Å². The molecule has 0 spiro atoms. The number of fused-ring (bicyclic) bond motifs is 1. The van der Waals surface area contributed by atoms with E-state index in [4.69, 9.17) is 28.4 Å². The van der Waals surface area contributed by atoms with Gasteiger partial charge in [0.25, 0.3) is 5.91 Å². The third kappa shape index (κ3) is 26.5. The summed E-state index contributed by atoms with van der Waals surface area (Å²) in [7, 11) is 5.07. The van der Waals surface area contributed by atoms with Gasteiger partial charge in [-0.25, -0.2) is 111 Å². The van der Waals surface area contributed by atoms with Crippen LogP contribution in [0.2, 0.25) is 0 Å². The van der Waals surface area contributed by atoms with Crippen molar-refractivity contribution in [1.29, 1.82) is 0 Å². The normalized spacial score (nSPS) is 20.8. The lowest BCUT2D eigenvalue weighted by atomic mass is 9.82. The molecule has 780 valence electrons. The Morgan fingerprint density at radius 1 is 0.326 bits per heavy atom. The molecule has 0 bridgehead atoms. The zero-order valence-electron chi connectivity index (χ0n) is 83.1. The Bertz CT molecular complexity index is 5040. The number of carbonyl (C=O) groups excluding carboxylic acids is 20. The lowest BCUT2D eigenvalue weighted by molar-refractivity contribution is -0.773. The Morgan fingerprint density at radius 2 is 0.617 bits per heavy atom. The highest BCUT2D eigenvalue weighted by Gasteiger charge is 2.62. The quantitative estimate of drug-likeness (QED) is 0.0130. The van der Waals surface area contributed by atoms with E-state index in [0.717, 1.165) is 44.1 Å². The lowest BCUT2D eigenvalue weighted by Crippen LogP contribution is -2.74. The maximum atomic E-state index is 13.5. The van der Waals surface area contributed by atoms with Gasteiger partial charge in [0.15, 0.2) is 5.69 Å². The summed E-state index contributed by atoms with van der Waals surface area (Å²) in [6.07, 6.45) is -5.72. The molecular formula is C93H138N14O34+4. The largest absolute Gasteiger partial charge is 0.463 e. The Morgan fingerprint density at radius 3 is 0.957 bits per heavy atom. The SMILES string of the molecule is CCC(O)CN1C(=O)N(CC(O)CN2C(=O)N(C)C(=O)[N+](CC)(CC)C2=O)C(=O)C1(C)C.CCC(O)COC(=O)C1CCC(C(=O)OCC(O)CN2C(=O)N(C)C(=O)[N+](CC)(c3ccccc3)C2=O)CC1.CCC(O)COC(=O)CCC(=O)OCC(O)CN1C(=O)N(C)C(=O)[N+](CC)(CC)C1=O.CCC(O)COC(=O)c1ccc(C(=O)OCC(O)CN2C(=O)N(C)C(=O)[N+](CC)(CC)C2=O)c2ccccc12. The van der Waals surface area contributed by atoms with Crippen molar-refractivity contribution in [2.75, 3.05) is 153 Å². The standard InChI is InChI=1S/C27H34N3O9.C27H38N3O9.C20H34N5O7.C19H32N3O9/c1-5-17(31)15-38-23(33)21-12-13-22(20-11-9-8-10-19(20)21)24(34)39-16-18(32)14-29-25(35)28(4)26(36)30(6-2,7-3)27(29)37;1-4-21(31)16-38-23(33)18-11-13-19(14-12-18)24(34)39-17-22(32)15-29-25(35)28(3)26(36)30(5-2,27(29)37)20-9-7-6-8-10-20;1-7-13(26)12-24-17(30)22(15(28)20(24,4)5)10-14(27)11-23-16(29)21(6)18(31)25(8-2,9-3)19(23)32;1-5-13(23)11-30-15(25)8-9-16(26)31-12-14(24)10-21-17(27)20(4)18(28)22(6-2,7-3)19(21)29/h8-13,17-18,31-32H,5-7,14-16H2,1-4H3;6-10,18-19,21-22,31-32H,4-5,11-17H2,1-3H3;13-14,26-27H,7-12H2,1-6H3;13-14,23-24H,5-12H2,1-4H3/q4*+1. The van der Waals surface area contributed by atoms with Crippen molar-refractivity contribution in [2.24, 2.45) is 11.8 Å². The van der Waals surface area contributed by atoms with Crippen LogP contribution in [0.15, 0.2) is 66.7 Å². The number of ether oxygens (including phenoxy) is 6. The van der Waals surface area contributed by atoms with Crippen molar-refractivity contribution in [2.45, 2.75) is 209 Å². The molecule has 0 radical (unpaired) electrons. The Hall–Kier alpha value is -12.4. The van der Waals surface area contributed by atoms with E-state index in [1.165, 1.54) is 45.2 Å². The number of aliphatic hydroxyl groups is 8. The Kier molecular flexibility index (Phi) is 43.2. The second kappa shape index (κ2) is 51.9. The van der Waals surface area contributed by atoms with Crippen LogP contribution in [0.3, 0.4) is 0 Å². The number of esters is 6. The predicted octanol–water partition coefficient (Wildman–Crippen LogP) is 6.47. The number of hydrogen-bond acceptors (Lipinski definition) is 34. The first-order chi connectivity index (χ1) is 66.4. The molecule has 9 rings (SSSR count). The molecule has 3 aromatic carbocycles. The molecule has 5 saturated heterocycles. The first-order valence-electron chi connectivity index (χ1n) is 47.1. The van der Waals surface area contributed by atoms with Gasteiger partial charge < -0.3 is 74.2 Å². The summed E-state index contributed by atoms with van der Waals surface area (Å²) in [5.41, 5.74) is -0.487. The Balaban J connectivity index is 0.000000290. The number of urea groups is 13. The van der Waals surface area contributed by atoms with E-state index in [0.29, 0.717) is 67.8 Å². The highest BCUT2D eigenvalue weighted by atomic mass is 16.6. The molecule has 1 saturated carbocycles. The van der Waals surface area contributed by atoms with Gasteiger partial charge in [0, 0.05) is 46.9 Å². The van der Waals surface area contributed by atoms with Gasteiger partial charge in [-0.15, -0.1) is 4.48 Å². The van der Waals surface area contributed by atoms with Crippen molar-refractivity contribution < 1.29 is 179 Å². The van der Waals surface area contributed by atoms with E-state index in [-0.39, 0.29) is 108 Å². The van der Waals surface area contributed by atoms with Gasteiger partial charge in [0.1, 0.15) is 63.5 Å². The average Bonchev–Trinajstić information content (AvgIpc) is 1.73. The van der Waals surface area contributed by atoms with Crippen LogP contribution in [0.1, 0.15) is 175 Å². The van der Waals surface area contributed by atoms with E-state index in [9.17, 15) is 137 Å². The molecule has 0 aromatic heterocycles. The predicted molar refractivity (Wildman–Crippen MR) is 496 cm³/mol. The first-order valence-corrected chi connectivity index (χ1v) is 47.1. The minimum absolute atomic E-state index is 0.0380. The Labute approximate surface area is 816 Å². The van der Waals surface area contributed by atoms with E-state index in [1.807, 2.05) is 0 Å². The summed E-state index contributed by atoms with van der Waals surface area (Å²) >= 11 is 0. The molecule has 9 unspecified atom stereocenters. The number of benzene rings is 3. The van der Waals surface area contributed by atoms with Gasteiger partial charge in [-0.1, -0.05) is 70.2 Å². The van der Waals surface area contributed by atoms with Crippen LogP contribution in [0.25, 0.3) is 10.8 Å². The van der Waals surface area contributed by atoms with Gasteiger partial charge >= 0.3 is 114 Å². The van der Waals surface area contributed by atoms with Crippen molar-refractivity contribution in [3.05, 3.63) is 77.9 Å². The lowest BCUT2D eigenvalue weighted by Gasteiger charge is -2.41. The third-order valence-electron chi connectivity index (χ3n) is 25.9. The van der Waals surface area contributed by atoms with E-state index in [1.54, 1.807) is 145 Å². The fourth-order valence-electron chi connectivity index (χ4n) is 16.4. The fraction of sp³-hybridized carbons (Fsp3) is 0.613. The molecule has 48 nitrogen and oxygen atoms in total. The van der Waals surface area contributed by atoms with Crippen molar-refractivity contribution in [3.63, 3.8) is 0 Å². The van der Waals surface area contributed by atoms with Crippen LogP contribution in [0, 0.1) is 11.8 Å². The van der Waals surface area contributed by atoms with Gasteiger partial charge in [0.2, 0.25) is 0 Å². The second-order valence-corrected chi connectivity index (χ2v) is 35.1. The molecule has 141 heavy (non-hydrogen) atoms. The van der Waals surface area contributed by atoms with Crippen LogP contribution in [0.4, 0.5) is 68.0 Å². The molecule has 6 fully saturated rings. The molecule has 8 N–H and O–H groups in total. The van der Waals surface area contributed by atoms with Crippen LogP contribution in [-0.2, 0) is 52.4 Å². The summed E-state index contributed by atoms with van der Waals surface area (Å²) in [6, 6.07) is 8.02. The van der Waals surface area contributed by atoms with Crippen LogP contribution >= 0.6 is 0 Å². The van der Waals surface area contributed by atoms with Gasteiger partial charge in [-0.05, 0) is 137 Å². The number of nitrogens with zero attached hydrogens (tertiary/aromatic N) is 14. The van der Waals surface area contributed by atoms with E-state index in [2.05, 4.69) is 0 Å². The molecular weight excluding hydrogens is 1860 g/mol. The summed E-state index contributed by atoms with van der Waals surface area (Å²) < 4.78 is 28.0. The van der Waals surface area contributed by atoms with Crippen molar-refractivity contribution >= 4 is 137 Å². The third-order valence-corrected chi connectivity index (χ3v) is 25.9. The second-order valence-electron chi connectivity index (χ2n) is 35.1. The summed E-state index contributed by atoms with van der Waals surface area (Å²) in [4.78, 5) is 261. The molecule has 9 atom stereocenters. The molecule has 5 aliphatic heterocycles. The number of β-amino-alcohol motifs (C(OH)–C–C–N with tert-alkyl or cyclic N) is 5. The minimum atomic E-state index is -1.42. The van der Waals surface area contributed by atoms with Crippen LogP contribution < -0.4 is 4.48 Å². The summed E-state index contributed by atoms with van der Waals surface area (Å²) in [5.74, 6) is -5.16. The number of aliphatic hydroxyl groups excluding tert-OH is 8. The van der Waals surface area contributed by atoms with Crippen molar-refractivity contribution in [3.8, 4) is 0 Å². The van der Waals surface area contributed by atoms with Crippen LogP contribution in [-0.4, -0.2) is 431 Å². The minimum Gasteiger partial charge on any atom is -0.463 e. The zero-order valence-corrected chi connectivity index (χ0v) is 83.1. The number of para-hydroxylation sites is 1. The number of amides is 27. The average molecular weight is 2000 g/mol. The van der Waals surface area contributed by atoms with E-state index < -0.39 is 245 Å². The zero-order chi connectivity index (χ0) is 106. The molecule has 27 amide bonds. The number of quaternary nitrogens is 4. The number of rotatable bonds is 43. The maximum absolute atomic E-state index is 13.5. The van der Waals surface area contributed by atoms with Gasteiger partial charge in [-0.2, -0.15) is 13.4 Å². The highest BCUT2D eigenvalue weighted by molar-refractivity contribution is 6.20. The number of hydrogen-bond donors (Lipinski definition) is 8. The first kappa shape index (κ1) is 117. The topological polar surface area (TPSA) is 591 Å². The molecule has 6 aliphatic rings. The number of imide groups is 13. The smallest absolute Gasteiger partial charge is 0.441 e.